The number of benzene rings is 1. The van der Waals surface area contributed by atoms with Gasteiger partial charge in [-0.25, -0.2) is 4.79 Å². The van der Waals surface area contributed by atoms with Crippen molar-refractivity contribution in [2.75, 3.05) is 28.4 Å². The van der Waals surface area contributed by atoms with E-state index >= 15 is 0 Å². The van der Waals surface area contributed by atoms with Crippen molar-refractivity contribution in [1.82, 2.24) is 0 Å². The van der Waals surface area contributed by atoms with Gasteiger partial charge in [0.25, 0.3) is 0 Å². The van der Waals surface area contributed by atoms with E-state index in [1.165, 1.54) is 26.2 Å². The molecule has 20 heteroatoms. The van der Waals surface area contributed by atoms with Gasteiger partial charge in [-0.15, -0.1) is 0 Å². The van der Waals surface area contributed by atoms with Crippen LogP contribution in [-0.4, -0.2) is 194 Å². The first kappa shape index (κ1) is 57.9. The number of aromatic hydroxyl groups is 1. The normalized spacial score (nSPS) is 48.5. The lowest BCUT2D eigenvalue weighted by Crippen LogP contribution is -2.75. The van der Waals surface area contributed by atoms with Crippen LogP contribution in [0.3, 0.4) is 0 Å². The third kappa shape index (κ3) is 10.1. The van der Waals surface area contributed by atoms with Gasteiger partial charge in [0.2, 0.25) is 0 Å². The van der Waals surface area contributed by atoms with Crippen molar-refractivity contribution in [1.29, 1.82) is 0 Å². The van der Waals surface area contributed by atoms with Gasteiger partial charge in [0.05, 0.1) is 48.8 Å². The van der Waals surface area contributed by atoms with Crippen LogP contribution < -0.4 is 0 Å². The lowest BCUT2D eigenvalue weighted by molar-refractivity contribution is -0.355. The minimum atomic E-state index is -1.75. The van der Waals surface area contributed by atoms with Crippen molar-refractivity contribution in [3.8, 4) is 5.75 Å². The Morgan fingerprint density at radius 3 is 1.75 bits per heavy atom. The number of phenolic OH excluding ortho intramolecular Hbond substituents is 1. The van der Waals surface area contributed by atoms with Gasteiger partial charge >= 0.3 is 5.97 Å². The number of para-hydroxylation sites is 1. The van der Waals surface area contributed by atoms with Gasteiger partial charge in [-0.2, -0.15) is 0 Å². The molecule has 0 radical (unpaired) electrons. The van der Waals surface area contributed by atoms with E-state index in [1.807, 2.05) is 20.8 Å². The first-order chi connectivity index (χ1) is 36.0. The third-order valence-corrected chi connectivity index (χ3v) is 19.4. The van der Waals surface area contributed by atoms with E-state index in [1.54, 1.807) is 47.3 Å². The molecule has 76 heavy (non-hydrogen) atoms. The fourth-order valence-electron chi connectivity index (χ4n) is 15.0. The molecule has 1 aromatic rings. The number of carbonyl (C=O) groups excluding carboxylic acids is 2. The van der Waals surface area contributed by atoms with E-state index in [2.05, 4.69) is 13.0 Å². The Morgan fingerprint density at radius 2 is 1.21 bits per heavy atom. The maximum atomic E-state index is 13.8. The lowest BCUT2D eigenvalue weighted by Gasteiger charge is -2.66. The number of aliphatic hydroxyl groups excluding tert-OH is 2. The maximum absolute atomic E-state index is 13.8. The predicted molar refractivity (Wildman–Crippen MR) is 267 cm³/mol. The number of ketones is 1. The molecule has 8 aliphatic rings. The summed E-state index contributed by atoms with van der Waals surface area (Å²) in [6.45, 7) is 12.7. The molecule has 0 aromatic heterocycles. The summed E-state index contributed by atoms with van der Waals surface area (Å²) in [4.78, 5) is 27.0. The molecule has 20 nitrogen and oxygen atoms in total. The zero-order chi connectivity index (χ0) is 54.8. The molecule has 3 saturated carbocycles. The molecule has 428 valence electrons. The first-order valence-corrected chi connectivity index (χ1v) is 27.4. The molecule has 4 aliphatic heterocycles. The van der Waals surface area contributed by atoms with Crippen LogP contribution >= 0.6 is 0 Å². The van der Waals surface area contributed by atoms with Gasteiger partial charge in [-0.1, -0.05) is 37.6 Å². The second-order valence-electron chi connectivity index (χ2n) is 23.4. The Kier molecular flexibility index (Phi) is 17.3. The fourth-order valence-corrected chi connectivity index (χ4v) is 15.0. The number of hydrogen-bond donors (Lipinski definition) is 5. The van der Waals surface area contributed by atoms with Crippen molar-refractivity contribution in [2.45, 2.75) is 241 Å². The molecule has 9 rings (SSSR count). The molecule has 7 fully saturated rings. The molecule has 0 amide bonds. The summed E-state index contributed by atoms with van der Waals surface area (Å²) in [5, 5.41) is 57.9. The van der Waals surface area contributed by atoms with Crippen molar-refractivity contribution >= 4 is 11.8 Å². The van der Waals surface area contributed by atoms with Gasteiger partial charge in [0.15, 0.2) is 25.2 Å². The smallest absolute Gasteiger partial charge is 0.342 e. The zero-order valence-corrected chi connectivity index (χ0v) is 45.9. The highest BCUT2D eigenvalue weighted by molar-refractivity contribution is 5.92. The largest absolute Gasteiger partial charge is 0.507 e. The van der Waals surface area contributed by atoms with E-state index in [0.717, 1.165) is 5.57 Å². The second kappa shape index (κ2) is 22.7. The number of methoxy groups -OCH3 is 4. The number of ether oxygens (including phenoxy) is 13. The summed E-state index contributed by atoms with van der Waals surface area (Å²) >= 11 is 0. The molecular formula is C56H84O20. The van der Waals surface area contributed by atoms with Gasteiger partial charge in [0.1, 0.15) is 71.0 Å². The van der Waals surface area contributed by atoms with Crippen LogP contribution in [-0.2, 0) is 66.4 Å². The van der Waals surface area contributed by atoms with Crippen molar-refractivity contribution in [3.05, 3.63) is 41.5 Å². The van der Waals surface area contributed by atoms with Crippen LogP contribution in [0.25, 0.3) is 0 Å². The minimum absolute atomic E-state index is 0.00960. The Labute approximate surface area is 446 Å². The summed E-state index contributed by atoms with van der Waals surface area (Å²) in [5.74, 6) is -2.29. The number of Topliss-reactive ketones (excluding diaryl/α,β-unsaturated/α-hetero) is 1. The molecule has 4 heterocycles. The molecule has 4 saturated heterocycles. The van der Waals surface area contributed by atoms with E-state index in [0.29, 0.717) is 44.9 Å². The average Bonchev–Trinajstić information content (AvgIpc) is 3.90. The van der Waals surface area contributed by atoms with Crippen molar-refractivity contribution in [3.63, 3.8) is 0 Å². The van der Waals surface area contributed by atoms with Crippen molar-refractivity contribution in [2.24, 2.45) is 22.7 Å². The predicted octanol–water partition coefficient (Wildman–Crippen LogP) is 4.40. The van der Waals surface area contributed by atoms with E-state index in [-0.39, 0.29) is 42.5 Å². The number of carbonyl (C=O) groups is 2. The number of rotatable bonds is 15. The second-order valence-corrected chi connectivity index (χ2v) is 23.4. The summed E-state index contributed by atoms with van der Waals surface area (Å²) in [6, 6.07) is 6.14. The van der Waals surface area contributed by atoms with E-state index < -0.39 is 150 Å². The number of esters is 1. The minimum Gasteiger partial charge on any atom is -0.507 e. The van der Waals surface area contributed by atoms with Gasteiger partial charge in [-0.05, 0) is 97.1 Å². The molecule has 1 aromatic carbocycles. The van der Waals surface area contributed by atoms with E-state index in [4.69, 9.17) is 61.6 Å². The quantitative estimate of drug-likeness (QED) is 0.121. The number of phenols is 1. The molecule has 0 spiro atoms. The zero-order valence-electron chi connectivity index (χ0n) is 45.9. The summed E-state index contributed by atoms with van der Waals surface area (Å²) in [5.41, 5.74) is -4.16. The van der Waals surface area contributed by atoms with Crippen LogP contribution in [0.5, 0.6) is 5.75 Å². The highest BCUT2D eigenvalue weighted by Gasteiger charge is 2.77. The summed E-state index contributed by atoms with van der Waals surface area (Å²) in [7, 11) is 6.25. The molecule has 5 N–H and O–H groups in total. The molecule has 4 aliphatic carbocycles. The number of fused-ring (bicyclic) bond motifs is 5. The van der Waals surface area contributed by atoms with Gasteiger partial charge in [0, 0.05) is 65.0 Å². The SMILES string of the molecule is CO[C@@H]1[C@H](O)[C@@H](O[C@@H]2[C@@H](C)O[C@@H](O[C@@H]3[C@@H](C)O[C@@H](O[C@@H]4[C@@H](C)O[C@@H](O[C@@H]5CC[C@@]6(C)C(=CC[C@@]7(O)[C@@H]6C[C@H](OC(=O)c6ccccc6O)[C@]6(C)[C@@H](C(C)=O)CC[C@]67O)C5)C[C@H]4OC)C[C@H]3OC)C[C@H]2OC)O[C@@H](C)[C@@H]1O. The van der Waals surface area contributed by atoms with Crippen LogP contribution in [0, 0.1) is 22.7 Å². The van der Waals surface area contributed by atoms with Crippen LogP contribution in [0.4, 0.5) is 0 Å². The Morgan fingerprint density at radius 1 is 0.658 bits per heavy atom. The average molecular weight is 1080 g/mol. The first-order valence-electron chi connectivity index (χ1n) is 27.4. The highest BCUT2D eigenvalue weighted by Crippen LogP contribution is 2.70. The lowest BCUT2D eigenvalue weighted by atomic mass is 9.43. The molecule has 25 atom stereocenters. The molecule has 0 bridgehead atoms. The highest BCUT2D eigenvalue weighted by atomic mass is 16.8. The standard InChI is InChI=1S/C56H84O20/c1-27(57)35-18-21-56(63)54(35,7)41(73-51(61)34-14-12-13-15-36(34)58)26-40-53(6)19-17-33(22-32(53)16-20-55(40,56)62)72-42-23-37(64-8)47(29(3)68-42)74-43-24-38(65-9)48(30(4)69-43)75-44-25-39(66-10)49(31(5)70-44)76-52-46(60)50(67-11)45(59)28(2)71-52/h12-16,28-31,33,35,37-50,52,58-60,62-63H,17-26H2,1-11H3/t28-,29+,30+,31+,33+,35+,37+,38+,39+,40+,41-,42-,43-,44-,45-,46-,47+,48+,49+,50-,52+,53-,54-,55+,56-/m0/s1. The number of hydrogen-bond acceptors (Lipinski definition) is 20. The van der Waals surface area contributed by atoms with Gasteiger partial charge in [-0.3, -0.25) is 4.79 Å². The Hall–Kier alpha value is -2.74. The summed E-state index contributed by atoms with van der Waals surface area (Å²) < 4.78 is 81.0. The summed E-state index contributed by atoms with van der Waals surface area (Å²) in [6.07, 6.45) is -6.80. The third-order valence-electron chi connectivity index (χ3n) is 19.4. The van der Waals surface area contributed by atoms with Crippen molar-refractivity contribution < 1.29 is 96.7 Å². The molecule has 0 unspecified atom stereocenters. The fraction of sp³-hybridized carbons (Fsp3) is 0.821. The topological polar surface area (TPSA) is 255 Å². The maximum Gasteiger partial charge on any atom is 0.342 e. The van der Waals surface area contributed by atoms with E-state index in [9.17, 15) is 35.1 Å². The van der Waals surface area contributed by atoms with Gasteiger partial charge < -0.3 is 87.1 Å². The number of aliphatic hydroxyl groups is 4. The van der Waals surface area contributed by atoms with Crippen LogP contribution in [0.1, 0.15) is 123 Å². The van der Waals surface area contributed by atoms with Crippen LogP contribution in [0.2, 0.25) is 0 Å². The van der Waals surface area contributed by atoms with Crippen LogP contribution in [0.15, 0.2) is 35.9 Å². The Bertz CT molecular complexity index is 2230. The monoisotopic (exact) mass is 1080 g/mol. The Balaban J connectivity index is 0.807. The molecular weight excluding hydrogens is 993 g/mol.